The Labute approximate surface area is 81.7 Å². The Morgan fingerprint density at radius 1 is 1.31 bits per heavy atom. The molecule has 1 aromatic heterocycles. The molecule has 3 heterocycles. The summed E-state index contributed by atoms with van der Waals surface area (Å²) in [6, 6.07) is 3.58. The van der Waals surface area contributed by atoms with Crippen LogP contribution in [0.1, 0.15) is 25.7 Å². The first kappa shape index (κ1) is 7.62. The lowest BCUT2D eigenvalue weighted by Gasteiger charge is -2.21. The van der Waals surface area contributed by atoms with E-state index < -0.39 is 0 Å². The van der Waals surface area contributed by atoms with Gasteiger partial charge >= 0.3 is 0 Å². The summed E-state index contributed by atoms with van der Waals surface area (Å²) in [5.41, 5.74) is 5.63. The zero-order chi connectivity index (χ0) is 8.84. The lowest BCUT2D eigenvalue weighted by atomic mass is 10.0. The Balaban J connectivity index is 1.93. The molecule has 1 aromatic rings. The van der Waals surface area contributed by atoms with Crippen LogP contribution in [0.4, 0.5) is 10.8 Å². The minimum Gasteiger partial charge on any atom is -0.383 e. The number of rotatable bonds is 1. The summed E-state index contributed by atoms with van der Waals surface area (Å²) >= 11 is 1.55. The molecule has 2 aliphatic heterocycles. The largest absolute Gasteiger partial charge is 0.383 e. The minimum atomic E-state index is 0.673. The quantitative estimate of drug-likeness (QED) is 0.743. The molecule has 0 unspecified atom stereocenters. The predicted molar refractivity (Wildman–Crippen MR) is 55.0 cm³/mol. The fraction of sp³-hybridized carbons (Fsp3) is 0.667. The molecule has 0 saturated carbocycles. The van der Waals surface area contributed by atoms with Gasteiger partial charge in [0.25, 0.3) is 0 Å². The lowest BCUT2D eigenvalue weighted by molar-refractivity contribution is 0.576. The van der Waals surface area contributed by atoms with E-state index in [2.05, 4.69) is 9.27 Å². The summed E-state index contributed by atoms with van der Waals surface area (Å²) in [4.78, 5) is 2.54. The molecule has 13 heavy (non-hydrogen) atoms. The van der Waals surface area contributed by atoms with Crippen molar-refractivity contribution in [1.82, 2.24) is 4.37 Å². The Bertz CT molecular complexity index is 302. The first-order chi connectivity index (χ1) is 6.34. The van der Waals surface area contributed by atoms with Gasteiger partial charge in [-0.05, 0) is 37.2 Å². The Kier molecular flexibility index (Phi) is 1.53. The second-order valence-electron chi connectivity index (χ2n) is 3.96. The van der Waals surface area contributed by atoms with Crippen LogP contribution in [0.2, 0.25) is 0 Å². The topological polar surface area (TPSA) is 42.1 Å². The molecule has 3 nitrogen and oxygen atoms in total. The van der Waals surface area contributed by atoms with Crippen molar-refractivity contribution in [3.8, 4) is 0 Å². The maximum Gasteiger partial charge on any atom is 0.139 e. The third kappa shape index (κ3) is 1.05. The van der Waals surface area contributed by atoms with Gasteiger partial charge < -0.3 is 10.6 Å². The van der Waals surface area contributed by atoms with E-state index in [1.807, 2.05) is 6.07 Å². The van der Waals surface area contributed by atoms with Gasteiger partial charge in [-0.3, -0.25) is 0 Å². The summed E-state index contributed by atoms with van der Waals surface area (Å²) in [6.45, 7) is 0. The van der Waals surface area contributed by atoms with E-state index in [4.69, 9.17) is 5.73 Å². The SMILES string of the molecule is Nc1cc(N2C3CCC2CC3)sn1. The number of hydrogen-bond acceptors (Lipinski definition) is 4. The molecule has 2 bridgehead atoms. The molecule has 0 amide bonds. The van der Waals surface area contributed by atoms with Gasteiger partial charge in [-0.15, -0.1) is 0 Å². The van der Waals surface area contributed by atoms with Gasteiger partial charge in [-0.2, -0.15) is 4.37 Å². The molecule has 0 radical (unpaired) electrons. The molecule has 2 aliphatic rings. The monoisotopic (exact) mass is 195 g/mol. The smallest absolute Gasteiger partial charge is 0.139 e. The summed E-state index contributed by atoms with van der Waals surface area (Å²) < 4.78 is 4.14. The minimum absolute atomic E-state index is 0.673. The molecule has 0 spiro atoms. The number of anilines is 2. The summed E-state index contributed by atoms with van der Waals surface area (Å²) in [5.74, 6) is 0.673. The van der Waals surface area contributed by atoms with Gasteiger partial charge in [-0.1, -0.05) is 0 Å². The van der Waals surface area contributed by atoms with Crippen LogP contribution in [-0.4, -0.2) is 16.5 Å². The number of nitrogens with zero attached hydrogens (tertiary/aromatic N) is 2. The second kappa shape index (κ2) is 2.61. The van der Waals surface area contributed by atoms with E-state index in [1.165, 1.54) is 30.7 Å². The highest BCUT2D eigenvalue weighted by atomic mass is 32.1. The fourth-order valence-corrected chi connectivity index (χ4v) is 3.49. The van der Waals surface area contributed by atoms with Gasteiger partial charge in [0.1, 0.15) is 10.8 Å². The van der Waals surface area contributed by atoms with E-state index in [0.717, 1.165) is 12.1 Å². The standard InChI is InChI=1S/C9H13N3S/c10-8-5-9(13-11-8)12-6-1-2-7(12)4-3-6/h5-7H,1-4H2,(H2,10,11). The maximum atomic E-state index is 5.63. The highest BCUT2D eigenvalue weighted by Crippen LogP contribution is 2.42. The molecule has 0 aliphatic carbocycles. The molecule has 2 saturated heterocycles. The van der Waals surface area contributed by atoms with Gasteiger partial charge in [0.05, 0.1) is 0 Å². The third-order valence-corrected chi connectivity index (χ3v) is 4.04. The number of nitrogens with two attached hydrogens (primary N) is 1. The van der Waals surface area contributed by atoms with E-state index in [0.29, 0.717) is 5.82 Å². The van der Waals surface area contributed by atoms with Crippen LogP contribution in [0.5, 0.6) is 0 Å². The molecule has 4 heteroatoms. The average molecular weight is 195 g/mol. The zero-order valence-electron chi connectivity index (χ0n) is 7.44. The zero-order valence-corrected chi connectivity index (χ0v) is 8.26. The van der Waals surface area contributed by atoms with Crippen molar-refractivity contribution in [1.29, 1.82) is 0 Å². The molecule has 2 fully saturated rings. The summed E-state index contributed by atoms with van der Waals surface area (Å²) in [7, 11) is 0. The molecule has 3 rings (SSSR count). The van der Waals surface area contributed by atoms with Crippen molar-refractivity contribution in [2.24, 2.45) is 0 Å². The highest BCUT2D eigenvalue weighted by molar-refractivity contribution is 7.10. The Morgan fingerprint density at radius 3 is 2.38 bits per heavy atom. The summed E-state index contributed by atoms with van der Waals surface area (Å²) in [5, 5.41) is 1.28. The number of aromatic nitrogens is 1. The molecular weight excluding hydrogens is 182 g/mol. The van der Waals surface area contributed by atoms with Crippen LogP contribution in [-0.2, 0) is 0 Å². The van der Waals surface area contributed by atoms with Crippen LogP contribution in [0.15, 0.2) is 6.07 Å². The number of hydrogen-bond donors (Lipinski definition) is 1. The van der Waals surface area contributed by atoms with Gasteiger partial charge in [0.2, 0.25) is 0 Å². The molecule has 0 atom stereocenters. The molecule has 2 N–H and O–H groups in total. The van der Waals surface area contributed by atoms with Crippen molar-refractivity contribution in [3.63, 3.8) is 0 Å². The van der Waals surface area contributed by atoms with Gasteiger partial charge in [-0.25, -0.2) is 0 Å². The van der Waals surface area contributed by atoms with E-state index >= 15 is 0 Å². The van der Waals surface area contributed by atoms with Gasteiger partial charge in [0, 0.05) is 18.2 Å². The van der Waals surface area contributed by atoms with Gasteiger partial charge in [0.15, 0.2) is 0 Å². The molecule has 70 valence electrons. The van der Waals surface area contributed by atoms with Crippen LogP contribution in [0.25, 0.3) is 0 Å². The summed E-state index contributed by atoms with van der Waals surface area (Å²) in [6.07, 6.45) is 5.45. The lowest BCUT2D eigenvalue weighted by Crippen LogP contribution is -2.26. The van der Waals surface area contributed by atoms with Crippen molar-refractivity contribution in [3.05, 3.63) is 6.07 Å². The van der Waals surface area contributed by atoms with Crippen molar-refractivity contribution in [2.75, 3.05) is 10.6 Å². The average Bonchev–Trinajstić information content (AvgIpc) is 2.78. The normalized spacial score (nSPS) is 31.5. The van der Waals surface area contributed by atoms with Crippen LogP contribution >= 0.6 is 11.5 Å². The Morgan fingerprint density at radius 2 is 1.92 bits per heavy atom. The van der Waals surface area contributed by atoms with E-state index in [9.17, 15) is 0 Å². The second-order valence-corrected chi connectivity index (χ2v) is 4.74. The first-order valence-electron chi connectivity index (χ1n) is 4.85. The van der Waals surface area contributed by atoms with Crippen LogP contribution in [0.3, 0.4) is 0 Å². The van der Waals surface area contributed by atoms with Crippen molar-refractivity contribution < 1.29 is 0 Å². The third-order valence-electron chi connectivity index (χ3n) is 3.22. The number of fused-ring (bicyclic) bond motifs is 2. The van der Waals surface area contributed by atoms with E-state index in [-0.39, 0.29) is 0 Å². The molecular formula is C9H13N3S. The Hall–Kier alpha value is -0.770. The van der Waals surface area contributed by atoms with E-state index in [1.54, 1.807) is 11.5 Å². The van der Waals surface area contributed by atoms with Crippen molar-refractivity contribution >= 4 is 22.4 Å². The highest BCUT2D eigenvalue weighted by Gasteiger charge is 2.39. The fourth-order valence-electron chi connectivity index (χ4n) is 2.67. The molecule has 0 aromatic carbocycles. The number of nitrogen functional groups attached to an aromatic ring is 1. The predicted octanol–water partition coefficient (Wildman–Crippen LogP) is 1.86. The van der Waals surface area contributed by atoms with Crippen molar-refractivity contribution in [2.45, 2.75) is 37.8 Å². The van der Waals surface area contributed by atoms with Crippen LogP contribution in [0, 0.1) is 0 Å². The van der Waals surface area contributed by atoms with Crippen LogP contribution < -0.4 is 10.6 Å². The first-order valence-corrected chi connectivity index (χ1v) is 5.62. The maximum absolute atomic E-state index is 5.63.